The van der Waals surface area contributed by atoms with Gasteiger partial charge in [-0.05, 0) is 40.9 Å². The Morgan fingerprint density at radius 1 is 0.850 bits per heavy atom. The maximum atomic E-state index is 2.44. The van der Waals surface area contributed by atoms with Crippen LogP contribution in [-0.2, 0) is 6.42 Å². The first kappa shape index (κ1) is 13.2. The zero-order valence-electron chi connectivity index (χ0n) is 12.3. The van der Waals surface area contributed by atoms with E-state index in [2.05, 4.69) is 80.6 Å². The summed E-state index contributed by atoms with van der Waals surface area (Å²) in [5.41, 5.74) is 4.71. The van der Waals surface area contributed by atoms with E-state index in [9.17, 15) is 0 Å². The molecule has 20 heavy (non-hydrogen) atoms. The van der Waals surface area contributed by atoms with Gasteiger partial charge in [0, 0.05) is 0 Å². The Morgan fingerprint density at radius 3 is 2.05 bits per heavy atom. The van der Waals surface area contributed by atoms with Crippen molar-refractivity contribution in [2.24, 2.45) is 11.3 Å². The molecule has 102 valence electrons. The third-order valence-electron chi connectivity index (χ3n) is 4.47. The molecular formula is C20H22. The molecule has 1 aliphatic carbocycles. The number of aryl methyl sites for hydroxylation is 1. The SMILES string of the molecule is CC1(C)C=C(c2ccccc2)[C@H]1CCc1ccccc1. The highest BCUT2D eigenvalue weighted by Gasteiger charge is 2.39. The van der Waals surface area contributed by atoms with Gasteiger partial charge in [0.15, 0.2) is 0 Å². The number of rotatable bonds is 4. The Bertz CT molecular complexity index is 590. The van der Waals surface area contributed by atoms with Crippen molar-refractivity contribution in [2.45, 2.75) is 26.7 Å². The van der Waals surface area contributed by atoms with Crippen LogP contribution >= 0.6 is 0 Å². The van der Waals surface area contributed by atoms with Crippen LogP contribution in [0, 0.1) is 11.3 Å². The summed E-state index contributed by atoms with van der Waals surface area (Å²) in [5, 5.41) is 0. The molecule has 0 spiro atoms. The number of allylic oxidation sites excluding steroid dienone is 2. The molecule has 2 aromatic carbocycles. The number of hydrogen-bond donors (Lipinski definition) is 0. The minimum absolute atomic E-state index is 0.333. The molecule has 0 aromatic heterocycles. The molecule has 0 radical (unpaired) electrons. The van der Waals surface area contributed by atoms with Gasteiger partial charge in [0.2, 0.25) is 0 Å². The van der Waals surface area contributed by atoms with Crippen molar-refractivity contribution < 1.29 is 0 Å². The molecule has 0 bridgehead atoms. The Balaban J connectivity index is 1.74. The average Bonchev–Trinajstić information content (AvgIpc) is 2.47. The minimum atomic E-state index is 0.333. The van der Waals surface area contributed by atoms with Crippen molar-refractivity contribution >= 4 is 5.57 Å². The lowest BCUT2D eigenvalue weighted by molar-refractivity contribution is 0.298. The lowest BCUT2D eigenvalue weighted by atomic mass is 9.61. The molecule has 0 heteroatoms. The highest BCUT2D eigenvalue weighted by molar-refractivity contribution is 5.74. The van der Waals surface area contributed by atoms with Crippen LogP contribution in [0.5, 0.6) is 0 Å². The number of hydrogen-bond acceptors (Lipinski definition) is 0. The molecule has 0 unspecified atom stereocenters. The van der Waals surface area contributed by atoms with Crippen LogP contribution in [-0.4, -0.2) is 0 Å². The van der Waals surface area contributed by atoms with Gasteiger partial charge in [-0.2, -0.15) is 0 Å². The first-order valence-electron chi connectivity index (χ1n) is 7.49. The molecule has 1 atom stereocenters. The van der Waals surface area contributed by atoms with Crippen molar-refractivity contribution in [1.82, 2.24) is 0 Å². The molecule has 1 aliphatic rings. The fraction of sp³-hybridized carbons (Fsp3) is 0.300. The van der Waals surface area contributed by atoms with Crippen LogP contribution in [0.15, 0.2) is 66.7 Å². The Kier molecular flexibility index (Phi) is 3.48. The van der Waals surface area contributed by atoms with Gasteiger partial charge in [0.25, 0.3) is 0 Å². The summed E-state index contributed by atoms with van der Waals surface area (Å²) in [5.74, 6) is 0.671. The van der Waals surface area contributed by atoms with E-state index in [0.29, 0.717) is 11.3 Å². The molecule has 0 nitrogen and oxygen atoms in total. The topological polar surface area (TPSA) is 0 Å². The summed E-state index contributed by atoms with van der Waals surface area (Å²) in [6.45, 7) is 4.71. The van der Waals surface area contributed by atoms with E-state index in [1.165, 1.54) is 29.5 Å². The summed E-state index contributed by atoms with van der Waals surface area (Å²) in [4.78, 5) is 0. The third-order valence-corrected chi connectivity index (χ3v) is 4.47. The van der Waals surface area contributed by atoms with Crippen molar-refractivity contribution in [3.05, 3.63) is 77.9 Å². The van der Waals surface area contributed by atoms with Gasteiger partial charge in [-0.25, -0.2) is 0 Å². The Hall–Kier alpha value is -1.82. The van der Waals surface area contributed by atoms with Crippen LogP contribution < -0.4 is 0 Å². The van der Waals surface area contributed by atoms with E-state index in [4.69, 9.17) is 0 Å². The zero-order valence-corrected chi connectivity index (χ0v) is 12.3. The molecule has 0 amide bonds. The summed E-state index contributed by atoms with van der Waals surface area (Å²) < 4.78 is 0. The predicted molar refractivity (Wildman–Crippen MR) is 86.5 cm³/mol. The summed E-state index contributed by atoms with van der Waals surface area (Å²) in [6, 6.07) is 21.6. The second kappa shape index (κ2) is 5.28. The maximum absolute atomic E-state index is 2.44. The Labute approximate surface area is 122 Å². The van der Waals surface area contributed by atoms with Crippen LogP contribution in [0.25, 0.3) is 5.57 Å². The maximum Gasteiger partial charge on any atom is -0.00697 e. The summed E-state index contributed by atoms with van der Waals surface area (Å²) in [7, 11) is 0. The quantitative estimate of drug-likeness (QED) is 0.696. The van der Waals surface area contributed by atoms with E-state index in [0.717, 1.165) is 0 Å². The standard InChI is InChI=1S/C20H22/c1-20(2)15-18(17-11-7-4-8-12-17)19(20)14-13-16-9-5-3-6-10-16/h3-12,15,19H,13-14H2,1-2H3/t19-/m1/s1. The molecule has 2 aromatic rings. The van der Waals surface area contributed by atoms with Gasteiger partial charge in [-0.1, -0.05) is 80.6 Å². The van der Waals surface area contributed by atoms with Crippen LogP contribution in [0.1, 0.15) is 31.4 Å². The second-order valence-electron chi connectivity index (χ2n) is 6.36. The fourth-order valence-corrected chi connectivity index (χ4v) is 3.30. The summed E-state index contributed by atoms with van der Waals surface area (Å²) >= 11 is 0. The zero-order chi connectivity index (χ0) is 14.0. The largest absolute Gasteiger partial charge is 0.0741 e. The first-order chi connectivity index (χ1) is 9.67. The summed E-state index contributed by atoms with van der Waals surface area (Å²) in [6.07, 6.45) is 4.84. The lowest BCUT2D eigenvalue weighted by Gasteiger charge is -2.43. The molecule has 0 fully saturated rings. The molecule has 0 aliphatic heterocycles. The molecule has 0 N–H and O–H groups in total. The fourth-order valence-electron chi connectivity index (χ4n) is 3.30. The van der Waals surface area contributed by atoms with Crippen LogP contribution in [0.4, 0.5) is 0 Å². The van der Waals surface area contributed by atoms with E-state index in [-0.39, 0.29) is 0 Å². The van der Waals surface area contributed by atoms with Gasteiger partial charge in [0.05, 0.1) is 0 Å². The molecule has 0 saturated heterocycles. The second-order valence-corrected chi connectivity index (χ2v) is 6.36. The highest BCUT2D eigenvalue weighted by atomic mass is 14.4. The highest BCUT2D eigenvalue weighted by Crippen LogP contribution is 2.51. The predicted octanol–water partition coefficient (Wildman–Crippen LogP) is 5.36. The molecular weight excluding hydrogens is 240 g/mol. The van der Waals surface area contributed by atoms with Gasteiger partial charge in [-0.3, -0.25) is 0 Å². The molecule has 3 rings (SSSR count). The smallest absolute Gasteiger partial charge is 0.00697 e. The monoisotopic (exact) mass is 262 g/mol. The van der Waals surface area contributed by atoms with E-state index in [1.807, 2.05) is 0 Å². The van der Waals surface area contributed by atoms with Crippen LogP contribution in [0.2, 0.25) is 0 Å². The molecule has 0 saturated carbocycles. The normalized spacial score (nSPS) is 20.1. The van der Waals surface area contributed by atoms with Gasteiger partial charge >= 0.3 is 0 Å². The first-order valence-corrected chi connectivity index (χ1v) is 7.49. The van der Waals surface area contributed by atoms with E-state index in [1.54, 1.807) is 0 Å². The van der Waals surface area contributed by atoms with Crippen molar-refractivity contribution in [3.63, 3.8) is 0 Å². The van der Waals surface area contributed by atoms with Crippen molar-refractivity contribution in [1.29, 1.82) is 0 Å². The molecule has 0 heterocycles. The minimum Gasteiger partial charge on any atom is -0.0741 e. The van der Waals surface area contributed by atoms with Gasteiger partial charge in [-0.15, -0.1) is 0 Å². The lowest BCUT2D eigenvalue weighted by Crippen LogP contribution is -2.32. The Morgan fingerprint density at radius 2 is 1.45 bits per heavy atom. The number of benzene rings is 2. The van der Waals surface area contributed by atoms with Gasteiger partial charge < -0.3 is 0 Å². The van der Waals surface area contributed by atoms with Crippen molar-refractivity contribution in [2.75, 3.05) is 0 Å². The van der Waals surface area contributed by atoms with Crippen molar-refractivity contribution in [3.8, 4) is 0 Å². The van der Waals surface area contributed by atoms with Crippen LogP contribution in [0.3, 0.4) is 0 Å². The van der Waals surface area contributed by atoms with E-state index < -0.39 is 0 Å². The van der Waals surface area contributed by atoms with Gasteiger partial charge in [0.1, 0.15) is 0 Å². The average molecular weight is 262 g/mol. The van der Waals surface area contributed by atoms with E-state index >= 15 is 0 Å². The third kappa shape index (κ3) is 2.56.